The van der Waals surface area contributed by atoms with Gasteiger partial charge in [-0.15, -0.1) is 0 Å². The summed E-state index contributed by atoms with van der Waals surface area (Å²) in [5.74, 6) is 0.172. The zero-order valence-electron chi connectivity index (χ0n) is 12.3. The first-order valence-corrected chi connectivity index (χ1v) is 7.97. The molecule has 23 heavy (non-hydrogen) atoms. The number of nitrogens with two attached hydrogens (primary N) is 1. The van der Waals surface area contributed by atoms with Gasteiger partial charge in [-0.2, -0.15) is 13.5 Å². The van der Waals surface area contributed by atoms with E-state index in [1.165, 1.54) is 30.5 Å². The Kier molecular flexibility index (Phi) is 4.97. The number of aryl methyl sites for hydroxylation is 1. The molecule has 2 amide bonds. The SMILES string of the molecule is Cc1ccc(S(=O)(=O)Oc2ccc(/C=N\NC(N)=O)cc2)cc1. The fourth-order valence-corrected chi connectivity index (χ4v) is 2.59. The van der Waals surface area contributed by atoms with Crippen molar-refractivity contribution in [2.75, 3.05) is 0 Å². The Hall–Kier alpha value is -2.87. The van der Waals surface area contributed by atoms with Gasteiger partial charge in [-0.1, -0.05) is 17.7 Å². The van der Waals surface area contributed by atoms with Crippen molar-refractivity contribution in [2.45, 2.75) is 11.8 Å². The Morgan fingerprint density at radius 3 is 2.30 bits per heavy atom. The van der Waals surface area contributed by atoms with Gasteiger partial charge in [0.15, 0.2) is 0 Å². The van der Waals surface area contributed by atoms with E-state index in [0.29, 0.717) is 5.56 Å². The van der Waals surface area contributed by atoms with E-state index >= 15 is 0 Å². The first kappa shape index (κ1) is 16.5. The number of hydrogen-bond acceptors (Lipinski definition) is 5. The first-order chi connectivity index (χ1) is 10.9. The van der Waals surface area contributed by atoms with Crippen molar-refractivity contribution in [3.63, 3.8) is 0 Å². The lowest BCUT2D eigenvalue weighted by atomic mass is 10.2. The van der Waals surface area contributed by atoms with Crippen LogP contribution in [0.25, 0.3) is 0 Å². The van der Waals surface area contributed by atoms with Crippen LogP contribution in [0.3, 0.4) is 0 Å². The van der Waals surface area contributed by atoms with E-state index in [0.717, 1.165) is 5.56 Å². The van der Waals surface area contributed by atoms with Crippen molar-refractivity contribution in [2.24, 2.45) is 10.8 Å². The molecule has 8 heteroatoms. The monoisotopic (exact) mass is 333 g/mol. The minimum Gasteiger partial charge on any atom is -0.379 e. The maximum absolute atomic E-state index is 12.1. The standard InChI is InChI=1S/C15H15N3O4S/c1-11-2-8-14(9-3-11)23(20,21)22-13-6-4-12(5-7-13)10-17-18-15(16)19/h2-10H,1H3,(H3,16,18,19)/b17-10-. The van der Waals surface area contributed by atoms with Gasteiger partial charge in [-0.05, 0) is 48.9 Å². The molecule has 120 valence electrons. The van der Waals surface area contributed by atoms with Crippen molar-refractivity contribution >= 4 is 22.4 Å². The number of hydrogen-bond donors (Lipinski definition) is 2. The number of carbonyl (C=O) groups excluding carboxylic acids is 1. The molecule has 0 bridgehead atoms. The molecule has 0 spiro atoms. The van der Waals surface area contributed by atoms with Gasteiger partial charge in [0.1, 0.15) is 10.6 Å². The van der Waals surface area contributed by atoms with E-state index in [1.54, 1.807) is 24.3 Å². The second-order valence-corrected chi connectivity index (χ2v) is 6.20. The summed E-state index contributed by atoms with van der Waals surface area (Å²) in [6.45, 7) is 1.87. The van der Waals surface area contributed by atoms with Gasteiger partial charge < -0.3 is 9.92 Å². The molecule has 2 rings (SSSR count). The fourth-order valence-electron chi connectivity index (χ4n) is 1.66. The number of urea groups is 1. The molecule has 2 aromatic carbocycles. The second kappa shape index (κ2) is 6.93. The highest BCUT2D eigenvalue weighted by molar-refractivity contribution is 7.87. The molecule has 0 aliphatic rings. The molecule has 7 nitrogen and oxygen atoms in total. The van der Waals surface area contributed by atoms with Crippen molar-refractivity contribution in [1.29, 1.82) is 0 Å². The van der Waals surface area contributed by atoms with Crippen LogP contribution in [0.15, 0.2) is 58.5 Å². The number of nitrogens with one attached hydrogen (secondary N) is 1. The molecule has 0 saturated carbocycles. The zero-order valence-corrected chi connectivity index (χ0v) is 13.1. The molecule has 0 saturated heterocycles. The molecule has 0 aliphatic carbocycles. The molecule has 0 fully saturated rings. The van der Waals surface area contributed by atoms with Gasteiger partial charge in [0, 0.05) is 0 Å². The molecular weight excluding hydrogens is 318 g/mol. The number of carbonyl (C=O) groups is 1. The van der Waals surface area contributed by atoms with Gasteiger partial charge in [0.25, 0.3) is 0 Å². The summed E-state index contributed by atoms with van der Waals surface area (Å²) in [5, 5.41) is 3.59. The normalized spacial score (nSPS) is 11.3. The second-order valence-electron chi connectivity index (χ2n) is 4.65. The molecule has 3 N–H and O–H groups in total. The molecule has 0 aromatic heterocycles. The van der Waals surface area contributed by atoms with E-state index in [-0.39, 0.29) is 10.6 Å². The first-order valence-electron chi connectivity index (χ1n) is 6.56. The highest BCUT2D eigenvalue weighted by Gasteiger charge is 2.16. The number of hydrazone groups is 1. The van der Waals surface area contributed by atoms with Crippen LogP contribution < -0.4 is 15.3 Å². The molecule has 0 atom stereocenters. The molecule has 0 radical (unpaired) electrons. The van der Waals surface area contributed by atoms with Gasteiger partial charge in [0.05, 0.1) is 6.21 Å². The van der Waals surface area contributed by atoms with Crippen molar-refractivity contribution in [3.8, 4) is 5.75 Å². The maximum atomic E-state index is 12.1. The van der Waals surface area contributed by atoms with Gasteiger partial charge in [-0.3, -0.25) is 0 Å². The number of rotatable bonds is 5. The topological polar surface area (TPSA) is 111 Å². The predicted octanol–water partition coefficient (Wildman–Crippen LogP) is 1.76. The van der Waals surface area contributed by atoms with Crippen molar-refractivity contribution in [3.05, 3.63) is 59.7 Å². The Balaban J connectivity index is 2.09. The summed E-state index contributed by atoms with van der Waals surface area (Å²) in [6, 6.07) is 11.7. The van der Waals surface area contributed by atoms with Crippen molar-refractivity contribution < 1.29 is 17.4 Å². The minimum absolute atomic E-state index is 0.0828. The number of primary amides is 1. The largest absolute Gasteiger partial charge is 0.379 e. The van der Waals surface area contributed by atoms with Crippen LogP contribution in [0, 0.1) is 6.92 Å². The Bertz CT molecular complexity index is 813. The average Bonchev–Trinajstić information content (AvgIpc) is 2.49. The number of benzene rings is 2. The summed E-state index contributed by atoms with van der Waals surface area (Å²) in [7, 11) is -3.88. The summed E-state index contributed by atoms with van der Waals surface area (Å²) in [5.41, 5.74) is 8.51. The highest BCUT2D eigenvalue weighted by atomic mass is 32.2. The maximum Gasteiger partial charge on any atom is 0.339 e. The fraction of sp³-hybridized carbons (Fsp3) is 0.0667. The Labute approximate surface area is 133 Å². The van der Waals surface area contributed by atoms with Gasteiger partial charge in [-0.25, -0.2) is 10.2 Å². The van der Waals surface area contributed by atoms with Crippen LogP contribution in [0.2, 0.25) is 0 Å². The van der Waals surface area contributed by atoms with Crippen LogP contribution in [-0.2, 0) is 10.1 Å². The van der Waals surface area contributed by atoms with E-state index in [9.17, 15) is 13.2 Å². The lowest BCUT2D eigenvalue weighted by molar-refractivity contribution is 0.249. The predicted molar refractivity (Wildman–Crippen MR) is 85.7 cm³/mol. The zero-order chi connectivity index (χ0) is 16.9. The molecule has 0 heterocycles. The third-order valence-corrected chi connectivity index (χ3v) is 4.05. The van der Waals surface area contributed by atoms with Gasteiger partial charge in [0.2, 0.25) is 0 Å². The van der Waals surface area contributed by atoms with Crippen molar-refractivity contribution in [1.82, 2.24) is 5.43 Å². The van der Waals surface area contributed by atoms with Crippen LogP contribution in [0.5, 0.6) is 5.75 Å². The van der Waals surface area contributed by atoms with E-state index in [2.05, 4.69) is 10.5 Å². The Morgan fingerprint density at radius 1 is 1.13 bits per heavy atom. The third kappa shape index (κ3) is 4.82. The highest BCUT2D eigenvalue weighted by Crippen LogP contribution is 2.19. The summed E-state index contributed by atoms with van der Waals surface area (Å²) >= 11 is 0. The number of amides is 2. The summed E-state index contributed by atoms with van der Waals surface area (Å²) in [4.78, 5) is 10.5. The molecule has 0 unspecified atom stereocenters. The minimum atomic E-state index is -3.88. The molecular formula is C15H15N3O4S. The molecule has 0 aliphatic heterocycles. The lowest BCUT2D eigenvalue weighted by Gasteiger charge is -2.07. The average molecular weight is 333 g/mol. The van der Waals surface area contributed by atoms with Crippen LogP contribution >= 0.6 is 0 Å². The summed E-state index contributed by atoms with van der Waals surface area (Å²) in [6.07, 6.45) is 1.36. The van der Waals surface area contributed by atoms with E-state index in [1.807, 2.05) is 6.92 Å². The van der Waals surface area contributed by atoms with Crippen LogP contribution in [0.1, 0.15) is 11.1 Å². The summed E-state index contributed by atoms with van der Waals surface area (Å²) < 4.78 is 29.3. The van der Waals surface area contributed by atoms with Crippen LogP contribution in [-0.4, -0.2) is 20.7 Å². The Morgan fingerprint density at radius 2 is 1.74 bits per heavy atom. The lowest BCUT2D eigenvalue weighted by Crippen LogP contribution is -2.24. The number of nitrogens with zero attached hydrogens (tertiary/aromatic N) is 1. The van der Waals surface area contributed by atoms with E-state index < -0.39 is 16.1 Å². The third-order valence-electron chi connectivity index (χ3n) is 2.78. The molecule has 2 aromatic rings. The smallest absolute Gasteiger partial charge is 0.339 e. The van der Waals surface area contributed by atoms with Crippen LogP contribution in [0.4, 0.5) is 4.79 Å². The van der Waals surface area contributed by atoms with Gasteiger partial charge >= 0.3 is 16.1 Å². The van der Waals surface area contributed by atoms with E-state index in [4.69, 9.17) is 9.92 Å². The quantitative estimate of drug-likeness (QED) is 0.493.